The van der Waals surface area contributed by atoms with Gasteiger partial charge >= 0.3 is 0 Å². The van der Waals surface area contributed by atoms with Crippen LogP contribution in [0.15, 0.2) is 29.7 Å². The molecule has 0 spiro atoms. The predicted octanol–water partition coefficient (Wildman–Crippen LogP) is 0.459. The van der Waals surface area contributed by atoms with E-state index in [1.54, 1.807) is 6.92 Å². The molecule has 1 aromatic heterocycles. The van der Waals surface area contributed by atoms with E-state index in [1.165, 1.54) is 5.57 Å². The molecule has 0 unspecified atom stereocenters. The Hall–Kier alpha value is -1.81. The van der Waals surface area contributed by atoms with Gasteiger partial charge in [0.15, 0.2) is 0 Å². The minimum atomic E-state index is -0.400. The van der Waals surface area contributed by atoms with Gasteiger partial charge in [0.25, 0.3) is 0 Å². The lowest BCUT2D eigenvalue weighted by Gasteiger charge is -2.14. The monoisotopic (exact) mass is 258 g/mol. The van der Waals surface area contributed by atoms with Crippen LogP contribution in [0, 0.1) is 0 Å². The normalized spacial score (nSPS) is 18.2. The number of aliphatic hydroxyl groups is 1. The first-order chi connectivity index (χ1) is 9.20. The van der Waals surface area contributed by atoms with Crippen LogP contribution in [0.2, 0.25) is 0 Å². The average molecular weight is 258 g/mol. The molecule has 1 atom stereocenters. The first-order valence-electron chi connectivity index (χ1n) is 6.69. The fraction of sp³-hybridized carbons (Fsp3) is 0.400. The Morgan fingerprint density at radius 3 is 3.11 bits per heavy atom. The lowest BCUT2D eigenvalue weighted by Crippen LogP contribution is -2.30. The second-order valence-corrected chi connectivity index (χ2v) is 4.91. The second-order valence-electron chi connectivity index (χ2n) is 4.91. The summed E-state index contributed by atoms with van der Waals surface area (Å²) >= 11 is 0. The van der Waals surface area contributed by atoms with Crippen molar-refractivity contribution in [1.82, 2.24) is 9.78 Å². The van der Waals surface area contributed by atoms with E-state index in [1.807, 2.05) is 23.9 Å². The molecule has 4 nitrogen and oxygen atoms in total. The van der Waals surface area contributed by atoms with Crippen LogP contribution in [-0.2, 0) is 11.3 Å². The molecule has 0 fully saturated rings. The number of ether oxygens (including phenoxy) is 1. The van der Waals surface area contributed by atoms with E-state index in [0.717, 1.165) is 28.3 Å². The van der Waals surface area contributed by atoms with Gasteiger partial charge in [-0.2, -0.15) is 5.10 Å². The Morgan fingerprint density at radius 1 is 1.53 bits per heavy atom. The Labute approximate surface area is 112 Å². The van der Waals surface area contributed by atoms with Crippen LogP contribution in [-0.4, -0.2) is 27.6 Å². The van der Waals surface area contributed by atoms with Crippen molar-refractivity contribution in [3.05, 3.63) is 40.2 Å². The summed E-state index contributed by atoms with van der Waals surface area (Å²) in [6.45, 7) is 4.95. The largest absolute Gasteiger partial charge is 0.493 e. The van der Waals surface area contributed by atoms with Gasteiger partial charge in [-0.05, 0) is 38.0 Å². The maximum Gasteiger partial charge on any atom is 0.126 e. The molecule has 1 N–H and O–H groups in total. The molecule has 0 saturated heterocycles. The van der Waals surface area contributed by atoms with Crippen LogP contribution in [0.25, 0.3) is 11.6 Å². The zero-order valence-electron chi connectivity index (χ0n) is 11.3. The topological polar surface area (TPSA) is 47.3 Å². The molecule has 100 valence electrons. The first kappa shape index (κ1) is 12.2. The predicted molar refractivity (Wildman–Crippen MR) is 73.4 cm³/mol. The molecule has 0 aromatic carbocycles. The highest BCUT2D eigenvalue weighted by Crippen LogP contribution is 2.28. The quantitative estimate of drug-likeness (QED) is 0.853. The van der Waals surface area contributed by atoms with E-state index < -0.39 is 6.10 Å². The van der Waals surface area contributed by atoms with Gasteiger partial charge in [0.2, 0.25) is 0 Å². The molecule has 19 heavy (non-hydrogen) atoms. The third kappa shape index (κ3) is 2.02. The summed E-state index contributed by atoms with van der Waals surface area (Å²) in [7, 11) is 0. The molecule has 0 radical (unpaired) electrons. The molecule has 0 bridgehead atoms. The van der Waals surface area contributed by atoms with Crippen LogP contribution in [0.4, 0.5) is 0 Å². The van der Waals surface area contributed by atoms with E-state index in [2.05, 4.69) is 17.3 Å². The summed E-state index contributed by atoms with van der Waals surface area (Å²) in [6.07, 6.45) is 8.68. The molecule has 2 aliphatic rings. The van der Waals surface area contributed by atoms with Gasteiger partial charge in [0, 0.05) is 10.8 Å². The van der Waals surface area contributed by atoms with Gasteiger partial charge < -0.3 is 9.84 Å². The number of nitrogens with zero attached hydrogens (tertiary/aromatic N) is 2. The Bertz CT molecular complexity index is 677. The van der Waals surface area contributed by atoms with E-state index >= 15 is 0 Å². The van der Waals surface area contributed by atoms with E-state index in [-0.39, 0.29) is 0 Å². The Morgan fingerprint density at radius 2 is 2.37 bits per heavy atom. The van der Waals surface area contributed by atoms with Crippen LogP contribution in [0.3, 0.4) is 0 Å². The highest BCUT2D eigenvalue weighted by atomic mass is 16.5. The molecule has 1 aromatic rings. The molecule has 1 heterocycles. The summed E-state index contributed by atoms with van der Waals surface area (Å²) in [5.74, 6) is 0.934. The fourth-order valence-electron chi connectivity index (χ4n) is 2.64. The number of hydrogen-bond donors (Lipinski definition) is 1. The van der Waals surface area contributed by atoms with E-state index in [9.17, 15) is 5.11 Å². The maximum absolute atomic E-state index is 9.52. The first-order valence-corrected chi connectivity index (χ1v) is 6.69. The van der Waals surface area contributed by atoms with Crippen LogP contribution in [0.5, 0.6) is 0 Å². The van der Waals surface area contributed by atoms with Crippen molar-refractivity contribution in [1.29, 1.82) is 0 Å². The van der Waals surface area contributed by atoms with Gasteiger partial charge in [-0.25, -0.2) is 0 Å². The molecule has 0 saturated carbocycles. The fourth-order valence-corrected chi connectivity index (χ4v) is 2.64. The number of hydrogen-bond acceptors (Lipinski definition) is 3. The van der Waals surface area contributed by atoms with Crippen molar-refractivity contribution in [3.8, 4) is 0 Å². The van der Waals surface area contributed by atoms with Crippen molar-refractivity contribution < 1.29 is 9.84 Å². The number of fused-ring (bicyclic) bond motifs is 2. The van der Waals surface area contributed by atoms with Crippen LogP contribution >= 0.6 is 0 Å². The number of aromatic nitrogens is 2. The minimum absolute atomic E-state index is 0.400. The van der Waals surface area contributed by atoms with Gasteiger partial charge in [-0.1, -0.05) is 6.08 Å². The van der Waals surface area contributed by atoms with Gasteiger partial charge in [0.05, 0.1) is 30.8 Å². The van der Waals surface area contributed by atoms with E-state index in [4.69, 9.17) is 4.74 Å². The summed E-state index contributed by atoms with van der Waals surface area (Å²) in [6, 6.07) is 0. The third-order valence-corrected chi connectivity index (χ3v) is 3.41. The van der Waals surface area contributed by atoms with Gasteiger partial charge in [0.1, 0.15) is 5.76 Å². The summed E-state index contributed by atoms with van der Waals surface area (Å²) < 4.78 is 7.54. The molecule has 2 aliphatic carbocycles. The zero-order valence-corrected chi connectivity index (χ0v) is 11.3. The smallest absolute Gasteiger partial charge is 0.126 e. The summed E-state index contributed by atoms with van der Waals surface area (Å²) in [4.78, 5) is 0. The van der Waals surface area contributed by atoms with Crippen molar-refractivity contribution >= 4 is 11.6 Å². The molecule has 0 aliphatic heterocycles. The highest BCUT2D eigenvalue weighted by molar-refractivity contribution is 5.84. The lowest BCUT2D eigenvalue weighted by atomic mass is 9.99. The number of allylic oxidation sites excluding steroid dienone is 3. The number of aliphatic hydroxyl groups excluding tert-OH is 1. The van der Waals surface area contributed by atoms with Crippen molar-refractivity contribution in [2.45, 2.75) is 32.9 Å². The highest BCUT2D eigenvalue weighted by Gasteiger charge is 2.20. The molecule has 3 rings (SSSR count). The second kappa shape index (κ2) is 4.70. The SMILES string of the molecule is CCOC1=C2C=c3c(cnn3C[C@H](C)O)=C2CC=C1. The van der Waals surface area contributed by atoms with E-state index in [0.29, 0.717) is 13.2 Å². The molecular weight excluding hydrogens is 240 g/mol. The summed E-state index contributed by atoms with van der Waals surface area (Å²) in [5, 5.41) is 16.1. The van der Waals surface area contributed by atoms with Crippen LogP contribution in [0.1, 0.15) is 20.3 Å². The van der Waals surface area contributed by atoms with Crippen molar-refractivity contribution in [2.24, 2.45) is 0 Å². The van der Waals surface area contributed by atoms with Crippen molar-refractivity contribution in [3.63, 3.8) is 0 Å². The zero-order chi connectivity index (χ0) is 13.4. The average Bonchev–Trinajstić information content (AvgIpc) is 2.91. The molecule has 4 heteroatoms. The van der Waals surface area contributed by atoms with Gasteiger partial charge in [-0.3, -0.25) is 4.68 Å². The maximum atomic E-state index is 9.52. The molecule has 0 amide bonds. The van der Waals surface area contributed by atoms with Crippen LogP contribution < -0.4 is 10.6 Å². The molecular formula is C15H18N2O2. The Balaban J connectivity index is 2.13. The third-order valence-electron chi connectivity index (χ3n) is 3.41. The number of rotatable bonds is 4. The standard InChI is InChI=1S/C15H18N2O2/c1-3-19-15-6-4-5-11-12(15)7-14-13(11)8-16-17(14)9-10(2)18/h4,6-8,10,18H,3,5,9H2,1-2H3/t10-/m0/s1. The lowest BCUT2D eigenvalue weighted by molar-refractivity contribution is 0.167. The van der Waals surface area contributed by atoms with Crippen molar-refractivity contribution in [2.75, 3.05) is 6.61 Å². The van der Waals surface area contributed by atoms with Gasteiger partial charge in [-0.15, -0.1) is 0 Å². The Kier molecular flexibility index (Phi) is 3.03. The summed E-state index contributed by atoms with van der Waals surface area (Å²) in [5.41, 5.74) is 2.44. The minimum Gasteiger partial charge on any atom is -0.493 e.